The number of carboxylic acids is 1. The summed E-state index contributed by atoms with van der Waals surface area (Å²) < 4.78 is 40.3. The van der Waals surface area contributed by atoms with Crippen molar-refractivity contribution in [2.45, 2.75) is 44.0 Å². The molecule has 0 aliphatic rings. The van der Waals surface area contributed by atoms with Gasteiger partial charge in [0.25, 0.3) is 0 Å². The summed E-state index contributed by atoms with van der Waals surface area (Å²) in [5.74, 6) is -1.84. The average Bonchev–Trinajstić information content (AvgIpc) is 2.24. The minimum atomic E-state index is -4.03. The fraction of sp³-hybridized carbons (Fsp3) is 0.462. The van der Waals surface area contributed by atoms with Crippen LogP contribution in [-0.4, -0.2) is 25.0 Å². The topological polar surface area (TPSA) is 83.5 Å². The summed E-state index contributed by atoms with van der Waals surface area (Å²) in [4.78, 5) is 10.1. The van der Waals surface area contributed by atoms with Crippen LogP contribution in [0.2, 0.25) is 0 Å². The molecule has 0 bridgehead atoms. The Kier molecular flexibility index (Phi) is 4.88. The molecule has 0 saturated heterocycles. The number of hydrogen-bond donors (Lipinski definition) is 2. The van der Waals surface area contributed by atoms with Gasteiger partial charge in [-0.1, -0.05) is 6.07 Å². The van der Waals surface area contributed by atoms with E-state index in [1.54, 1.807) is 20.8 Å². The number of benzene rings is 1. The Labute approximate surface area is 117 Å². The van der Waals surface area contributed by atoms with Crippen LogP contribution in [0.25, 0.3) is 0 Å². The molecule has 0 saturated carbocycles. The average molecular weight is 303 g/mol. The molecule has 5 nitrogen and oxygen atoms in total. The molecule has 0 spiro atoms. The van der Waals surface area contributed by atoms with Gasteiger partial charge in [-0.3, -0.25) is 4.79 Å². The molecule has 1 rings (SSSR count). The Morgan fingerprint density at radius 1 is 1.40 bits per heavy atom. The van der Waals surface area contributed by atoms with Crippen molar-refractivity contribution in [3.63, 3.8) is 0 Å². The highest BCUT2D eigenvalue weighted by molar-refractivity contribution is 7.89. The number of hydrogen-bond acceptors (Lipinski definition) is 3. The van der Waals surface area contributed by atoms with Crippen molar-refractivity contribution >= 4 is 16.0 Å². The van der Waals surface area contributed by atoms with Crippen LogP contribution in [0.15, 0.2) is 23.1 Å². The van der Waals surface area contributed by atoms with E-state index in [4.69, 9.17) is 5.11 Å². The number of nitrogens with one attached hydrogen (secondary N) is 1. The largest absolute Gasteiger partial charge is 0.481 e. The molecule has 0 aliphatic heterocycles. The van der Waals surface area contributed by atoms with Gasteiger partial charge in [0.2, 0.25) is 10.0 Å². The van der Waals surface area contributed by atoms with Gasteiger partial charge < -0.3 is 5.11 Å². The smallest absolute Gasteiger partial charge is 0.303 e. The number of carbonyl (C=O) groups is 1. The molecule has 1 aromatic carbocycles. The van der Waals surface area contributed by atoms with Gasteiger partial charge in [-0.15, -0.1) is 0 Å². The van der Waals surface area contributed by atoms with Crippen LogP contribution in [-0.2, 0) is 14.8 Å². The third-order valence-corrected chi connectivity index (χ3v) is 4.48. The van der Waals surface area contributed by atoms with Crippen molar-refractivity contribution in [2.24, 2.45) is 0 Å². The van der Waals surface area contributed by atoms with Crippen molar-refractivity contribution < 1.29 is 22.7 Å². The van der Waals surface area contributed by atoms with Gasteiger partial charge in [0.05, 0.1) is 0 Å². The second-order valence-electron chi connectivity index (χ2n) is 5.32. The van der Waals surface area contributed by atoms with Gasteiger partial charge >= 0.3 is 5.97 Å². The van der Waals surface area contributed by atoms with Crippen LogP contribution in [0.1, 0.15) is 32.3 Å². The van der Waals surface area contributed by atoms with Crippen LogP contribution in [0.5, 0.6) is 0 Å². The maximum absolute atomic E-state index is 13.7. The summed E-state index contributed by atoms with van der Waals surface area (Å²) in [6, 6.07) is 3.83. The van der Waals surface area contributed by atoms with E-state index < -0.39 is 32.2 Å². The normalized spacial score (nSPS) is 12.4. The highest BCUT2D eigenvalue weighted by atomic mass is 32.2. The molecule has 0 atom stereocenters. The zero-order valence-electron chi connectivity index (χ0n) is 11.6. The third-order valence-electron chi connectivity index (χ3n) is 2.75. The first-order valence-electron chi connectivity index (χ1n) is 6.05. The van der Waals surface area contributed by atoms with E-state index in [1.807, 2.05) is 0 Å². The predicted molar refractivity (Wildman–Crippen MR) is 72.4 cm³/mol. The molecule has 0 aliphatic carbocycles. The summed E-state index contributed by atoms with van der Waals surface area (Å²) in [5, 5.41) is 8.63. The van der Waals surface area contributed by atoms with E-state index in [9.17, 15) is 17.6 Å². The number of rotatable bonds is 6. The van der Waals surface area contributed by atoms with Gasteiger partial charge in [0, 0.05) is 12.0 Å². The van der Waals surface area contributed by atoms with Crippen molar-refractivity contribution in [1.29, 1.82) is 0 Å². The van der Waals surface area contributed by atoms with Crippen molar-refractivity contribution in [3.8, 4) is 0 Å². The number of sulfonamides is 1. The predicted octanol–water partition coefficient (Wildman–Crippen LogP) is 2.06. The van der Waals surface area contributed by atoms with Crippen LogP contribution < -0.4 is 4.72 Å². The zero-order chi connectivity index (χ0) is 15.6. The molecule has 0 heterocycles. The number of halogens is 1. The van der Waals surface area contributed by atoms with Crippen molar-refractivity contribution in [2.75, 3.05) is 0 Å². The van der Waals surface area contributed by atoms with E-state index in [0.717, 1.165) is 6.07 Å². The van der Waals surface area contributed by atoms with Crippen molar-refractivity contribution in [1.82, 2.24) is 4.72 Å². The van der Waals surface area contributed by atoms with E-state index in [1.165, 1.54) is 12.1 Å². The molecule has 0 fully saturated rings. The molecule has 7 heteroatoms. The quantitative estimate of drug-likeness (QED) is 0.842. The second kappa shape index (κ2) is 5.88. The van der Waals surface area contributed by atoms with E-state index in [2.05, 4.69) is 4.72 Å². The van der Waals surface area contributed by atoms with E-state index in [0.29, 0.717) is 5.56 Å². The van der Waals surface area contributed by atoms with Crippen LogP contribution >= 0.6 is 0 Å². The molecule has 1 aromatic rings. The molecule has 20 heavy (non-hydrogen) atoms. The SMILES string of the molecule is Cc1ccc(S(=O)(=O)NC(C)(C)CCC(=O)O)c(F)c1. The molecular formula is C13H18FNO4S. The zero-order valence-corrected chi connectivity index (χ0v) is 12.4. The summed E-state index contributed by atoms with van der Waals surface area (Å²) >= 11 is 0. The Morgan fingerprint density at radius 2 is 2.00 bits per heavy atom. The molecule has 0 unspecified atom stereocenters. The Balaban J connectivity index is 2.97. The van der Waals surface area contributed by atoms with Gasteiger partial charge in [0.15, 0.2) is 0 Å². The van der Waals surface area contributed by atoms with Crippen LogP contribution in [0.3, 0.4) is 0 Å². The Morgan fingerprint density at radius 3 is 2.50 bits per heavy atom. The third kappa shape index (κ3) is 4.57. The highest BCUT2D eigenvalue weighted by Crippen LogP contribution is 2.20. The van der Waals surface area contributed by atoms with Gasteiger partial charge in [0.1, 0.15) is 10.7 Å². The van der Waals surface area contributed by atoms with E-state index >= 15 is 0 Å². The fourth-order valence-electron chi connectivity index (χ4n) is 1.71. The number of aliphatic carboxylic acids is 1. The highest BCUT2D eigenvalue weighted by Gasteiger charge is 2.28. The summed E-state index contributed by atoms with van der Waals surface area (Å²) in [7, 11) is -4.03. The maximum Gasteiger partial charge on any atom is 0.303 e. The van der Waals surface area contributed by atoms with Gasteiger partial charge in [-0.25, -0.2) is 17.5 Å². The number of carboxylic acid groups (broad SMARTS) is 1. The molecule has 112 valence electrons. The van der Waals surface area contributed by atoms with Gasteiger partial charge in [-0.2, -0.15) is 0 Å². The fourth-order valence-corrected chi connectivity index (χ4v) is 3.22. The molecule has 0 amide bonds. The first-order valence-corrected chi connectivity index (χ1v) is 7.54. The monoisotopic (exact) mass is 303 g/mol. The molecular weight excluding hydrogens is 285 g/mol. The first kappa shape index (κ1) is 16.6. The second-order valence-corrected chi connectivity index (χ2v) is 6.97. The lowest BCUT2D eigenvalue weighted by atomic mass is 10.0. The minimum absolute atomic E-state index is 0.106. The number of aryl methyl sites for hydroxylation is 1. The molecule has 0 radical (unpaired) electrons. The van der Waals surface area contributed by atoms with Gasteiger partial charge in [-0.05, 0) is 44.9 Å². The van der Waals surface area contributed by atoms with Crippen molar-refractivity contribution in [3.05, 3.63) is 29.6 Å². The minimum Gasteiger partial charge on any atom is -0.481 e. The first-order chi connectivity index (χ1) is 9.03. The molecule has 0 aromatic heterocycles. The Bertz CT molecular complexity index is 611. The summed E-state index contributed by atoms with van der Waals surface area (Å²) in [6.45, 7) is 4.77. The van der Waals surface area contributed by atoms with Crippen LogP contribution in [0.4, 0.5) is 4.39 Å². The van der Waals surface area contributed by atoms with Crippen LogP contribution in [0, 0.1) is 12.7 Å². The summed E-state index contributed by atoms with van der Waals surface area (Å²) in [5.41, 5.74) is -0.360. The summed E-state index contributed by atoms with van der Waals surface area (Å²) in [6.07, 6.45) is -0.0685. The standard InChI is InChI=1S/C13H18FNO4S/c1-9-4-5-11(10(14)8-9)20(18,19)15-13(2,3)7-6-12(16)17/h4-5,8,15H,6-7H2,1-3H3,(H,16,17). The lowest BCUT2D eigenvalue weighted by Gasteiger charge is -2.25. The Hall–Kier alpha value is -1.47. The van der Waals surface area contributed by atoms with E-state index in [-0.39, 0.29) is 12.8 Å². The lowest BCUT2D eigenvalue weighted by Crippen LogP contribution is -2.43. The maximum atomic E-state index is 13.7. The lowest BCUT2D eigenvalue weighted by molar-refractivity contribution is -0.137. The molecule has 2 N–H and O–H groups in total.